The third-order valence-electron chi connectivity index (χ3n) is 6.04. The molecule has 0 unspecified atom stereocenters. The van der Waals surface area contributed by atoms with Gasteiger partial charge in [0.25, 0.3) is 5.95 Å². The van der Waals surface area contributed by atoms with E-state index in [4.69, 9.17) is 14.2 Å². The Balaban J connectivity index is 1.27. The first-order valence-corrected chi connectivity index (χ1v) is 11.9. The zero-order valence-electron chi connectivity index (χ0n) is 19.9. The van der Waals surface area contributed by atoms with Crippen LogP contribution in [0.25, 0.3) is 17.0 Å². The highest BCUT2D eigenvalue weighted by Gasteiger charge is 2.17. The van der Waals surface area contributed by atoms with Gasteiger partial charge < -0.3 is 14.2 Å². The Kier molecular flexibility index (Phi) is 6.60. The van der Waals surface area contributed by atoms with Gasteiger partial charge in [0.15, 0.2) is 0 Å². The molecular weight excluding hydrogens is 448 g/mol. The van der Waals surface area contributed by atoms with Crippen LogP contribution in [0.15, 0.2) is 36.8 Å². The summed E-state index contributed by atoms with van der Waals surface area (Å²) < 4.78 is 19.8. The zero-order chi connectivity index (χ0) is 24.2. The molecule has 35 heavy (non-hydrogen) atoms. The van der Waals surface area contributed by atoms with Crippen LogP contribution in [0.5, 0.6) is 11.6 Å². The zero-order valence-corrected chi connectivity index (χ0v) is 19.9. The van der Waals surface area contributed by atoms with Crippen LogP contribution in [0.4, 0.5) is 0 Å². The SMILES string of the molecule is CCOC(=O)c1cnn(-c2nc(OC)c3c(cnn3CCCOc3ccc4c(c3)CCCC4)n2)c1. The van der Waals surface area contributed by atoms with Crippen molar-refractivity contribution in [3.8, 4) is 17.6 Å². The fourth-order valence-electron chi connectivity index (χ4n) is 4.32. The highest BCUT2D eigenvalue weighted by molar-refractivity contribution is 5.88. The molecule has 10 heteroatoms. The molecule has 0 bridgehead atoms. The molecule has 4 aromatic rings. The number of nitrogens with zero attached hydrogens (tertiary/aromatic N) is 6. The van der Waals surface area contributed by atoms with Crippen molar-refractivity contribution in [2.45, 2.75) is 45.6 Å². The van der Waals surface area contributed by atoms with Crippen molar-refractivity contribution < 1.29 is 19.0 Å². The van der Waals surface area contributed by atoms with Crippen molar-refractivity contribution >= 4 is 17.0 Å². The number of esters is 1. The first-order chi connectivity index (χ1) is 17.2. The number of hydrogen-bond acceptors (Lipinski definition) is 8. The molecule has 0 amide bonds. The average molecular weight is 477 g/mol. The summed E-state index contributed by atoms with van der Waals surface area (Å²) in [7, 11) is 1.55. The molecule has 5 rings (SSSR count). The summed E-state index contributed by atoms with van der Waals surface area (Å²) in [6, 6.07) is 6.44. The Hall–Kier alpha value is -3.95. The first-order valence-electron chi connectivity index (χ1n) is 11.9. The molecule has 0 radical (unpaired) electrons. The number of carbonyl (C=O) groups excluding carboxylic acids is 1. The molecule has 0 N–H and O–H groups in total. The fourth-order valence-corrected chi connectivity index (χ4v) is 4.32. The fraction of sp³-hybridized carbons (Fsp3) is 0.400. The van der Waals surface area contributed by atoms with Crippen LogP contribution in [0.2, 0.25) is 0 Å². The number of methoxy groups -OCH3 is 1. The summed E-state index contributed by atoms with van der Waals surface area (Å²) in [5.74, 6) is 1.13. The quantitative estimate of drug-likeness (QED) is 0.267. The summed E-state index contributed by atoms with van der Waals surface area (Å²) in [5, 5.41) is 8.66. The van der Waals surface area contributed by atoms with Gasteiger partial charge in [0.05, 0.1) is 38.3 Å². The molecule has 1 aromatic carbocycles. The lowest BCUT2D eigenvalue weighted by Gasteiger charge is -2.16. The van der Waals surface area contributed by atoms with Gasteiger partial charge in [-0.15, -0.1) is 0 Å². The smallest absolute Gasteiger partial charge is 0.341 e. The standard InChI is InChI=1S/C25H28N6O4/c1-3-34-24(32)19-14-26-31(16-19)25-28-21-15-27-30(22(21)23(29-25)33-2)11-6-12-35-20-10-9-17-7-4-5-8-18(17)13-20/h9-10,13-16H,3-8,11-12H2,1-2H3. The van der Waals surface area contributed by atoms with Crippen LogP contribution in [0, 0.1) is 0 Å². The number of aryl methyl sites for hydroxylation is 3. The molecule has 0 atom stereocenters. The Morgan fingerprint density at radius 1 is 1.09 bits per heavy atom. The van der Waals surface area contributed by atoms with Gasteiger partial charge in [0.1, 0.15) is 16.8 Å². The Bertz CT molecular complexity index is 1350. The molecule has 0 fully saturated rings. The summed E-state index contributed by atoms with van der Waals surface area (Å²) in [6.45, 7) is 3.24. The molecule has 0 aliphatic heterocycles. The predicted octanol–water partition coefficient (Wildman–Crippen LogP) is 3.55. The molecule has 10 nitrogen and oxygen atoms in total. The van der Waals surface area contributed by atoms with Gasteiger partial charge >= 0.3 is 5.97 Å². The van der Waals surface area contributed by atoms with E-state index in [9.17, 15) is 4.79 Å². The van der Waals surface area contributed by atoms with Crippen molar-refractivity contribution in [3.63, 3.8) is 0 Å². The van der Waals surface area contributed by atoms with E-state index in [0.717, 1.165) is 18.6 Å². The van der Waals surface area contributed by atoms with E-state index in [1.54, 1.807) is 20.2 Å². The number of carbonyl (C=O) groups is 1. The maximum Gasteiger partial charge on any atom is 0.341 e. The minimum atomic E-state index is -0.447. The maximum absolute atomic E-state index is 11.9. The normalized spacial score (nSPS) is 13.0. The Morgan fingerprint density at radius 2 is 1.94 bits per heavy atom. The van der Waals surface area contributed by atoms with Gasteiger partial charge in [-0.2, -0.15) is 15.2 Å². The average Bonchev–Trinajstić information content (AvgIpc) is 3.54. The summed E-state index contributed by atoms with van der Waals surface area (Å²) in [4.78, 5) is 21.0. The van der Waals surface area contributed by atoms with E-state index < -0.39 is 5.97 Å². The van der Waals surface area contributed by atoms with Crippen LogP contribution < -0.4 is 9.47 Å². The largest absolute Gasteiger partial charge is 0.494 e. The van der Waals surface area contributed by atoms with Crippen LogP contribution in [0.1, 0.15) is 47.7 Å². The lowest BCUT2D eigenvalue weighted by atomic mass is 9.92. The molecule has 3 heterocycles. The number of hydrogen-bond donors (Lipinski definition) is 0. The topological polar surface area (TPSA) is 106 Å². The third-order valence-corrected chi connectivity index (χ3v) is 6.04. The van der Waals surface area contributed by atoms with Crippen molar-refractivity contribution in [2.75, 3.05) is 20.3 Å². The van der Waals surface area contributed by atoms with Gasteiger partial charge in [-0.25, -0.2) is 14.5 Å². The lowest BCUT2D eigenvalue weighted by molar-refractivity contribution is 0.0526. The maximum atomic E-state index is 11.9. The second kappa shape index (κ2) is 10.1. The lowest BCUT2D eigenvalue weighted by Crippen LogP contribution is -2.09. The third kappa shape index (κ3) is 4.82. The number of ether oxygens (including phenoxy) is 3. The highest BCUT2D eigenvalue weighted by atomic mass is 16.5. The summed E-state index contributed by atoms with van der Waals surface area (Å²) in [5.41, 5.74) is 4.50. The number of rotatable bonds is 9. The monoisotopic (exact) mass is 476 g/mol. The minimum absolute atomic E-state index is 0.278. The second-order valence-electron chi connectivity index (χ2n) is 8.37. The van der Waals surface area contributed by atoms with E-state index in [0.29, 0.717) is 35.6 Å². The van der Waals surface area contributed by atoms with Crippen molar-refractivity contribution in [1.29, 1.82) is 0 Å². The summed E-state index contributed by atoms with van der Waals surface area (Å²) in [6.07, 6.45) is 10.2. The molecule has 1 aliphatic carbocycles. The second-order valence-corrected chi connectivity index (χ2v) is 8.37. The predicted molar refractivity (Wildman–Crippen MR) is 128 cm³/mol. The molecule has 0 saturated carbocycles. The molecule has 0 saturated heterocycles. The molecule has 3 aromatic heterocycles. The van der Waals surface area contributed by atoms with E-state index in [1.807, 2.05) is 4.68 Å². The number of fused-ring (bicyclic) bond motifs is 2. The number of aromatic nitrogens is 6. The van der Waals surface area contributed by atoms with E-state index >= 15 is 0 Å². The van der Waals surface area contributed by atoms with Crippen molar-refractivity contribution in [1.82, 2.24) is 29.5 Å². The highest BCUT2D eigenvalue weighted by Crippen LogP contribution is 2.26. The van der Waals surface area contributed by atoms with Crippen LogP contribution in [-0.2, 0) is 24.1 Å². The van der Waals surface area contributed by atoms with Gasteiger partial charge in [0, 0.05) is 19.2 Å². The van der Waals surface area contributed by atoms with Gasteiger partial charge in [0.2, 0.25) is 5.88 Å². The number of benzene rings is 1. The first kappa shape index (κ1) is 22.8. The molecule has 182 valence electrons. The Morgan fingerprint density at radius 3 is 2.77 bits per heavy atom. The van der Waals surface area contributed by atoms with E-state index in [2.05, 4.69) is 38.4 Å². The van der Waals surface area contributed by atoms with Crippen LogP contribution in [0.3, 0.4) is 0 Å². The van der Waals surface area contributed by atoms with E-state index in [1.165, 1.54) is 47.5 Å². The van der Waals surface area contributed by atoms with Gasteiger partial charge in [-0.3, -0.25) is 4.68 Å². The minimum Gasteiger partial charge on any atom is -0.494 e. The van der Waals surface area contributed by atoms with Crippen molar-refractivity contribution in [3.05, 3.63) is 53.5 Å². The Labute approximate surface area is 202 Å². The molecular formula is C25H28N6O4. The molecule has 1 aliphatic rings. The summed E-state index contributed by atoms with van der Waals surface area (Å²) >= 11 is 0. The molecule has 0 spiro atoms. The van der Waals surface area contributed by atoms with Crippen LogP contribution in [-0.4, -0.2) is 55.8 Å². The van der Waals surface area contributed by atoms with E-state index in [-0.39, 0.29) is 12.6 Å². The van der Waals surface area contributed by atoms with Gasteiger partial charge in [-0.1, -0.05) is 6.07 Å². The van der Waals surface area contributed by atoms with Crippen LogP contribution >= 0.6 is 0 Å². The van der Waals surface area contributed by atoms with Crippen molar-refractivity contribution in [2.24, 2.45) is 0 Å². The van der Waals surface area contributed by atoms with Gasteiger partial charge in [-0.05, 0) is 55.9 Å².